The Labute approximate surface area is 109 Å². The number of ether oxygens (including phenoxy) is 1. The minimum Gasteiger partial charge on any atom is -0.496 e. The van der Waals surface area contributed by atoms with E-state index in [4.69, 9.17) is 4.74 Å². The Kier molecular flexibility index (Phi) is 6.05. The molecule has 1 aromatic carbocycles. The SMILES string of the molecule is CCNC(=NC)NCCc1cc(C)ccc1OC. The average molecular weight is 249 g/mol. The van der Waals surface area contributed by atoms with E-state index >= 15 is 0 Å². The smallest absolute Gasteiger partial charge is 0.190 e. The lowest BCUT2D eigenvalue weighted by molar-refractivity contribution is 0.409. The highest BCUT2D eigenvalue weighted by Gasteiger charge is 2.03. The highest BCUT2D eigenvalue weighted by atomic mass is 16.5. The second-order valence-electron chi connectivity index (χ2n) is 4.09. The maximum Gasteiger partial charge on any atom is 0.190 e. The van der Waals surface area contributed by atoms with Gasteiger partial charge in [-0.2, -0.15) is 0 Å². The van der Waals surface area contributed by atoms with E-state index in [9.17, 15) is 0 Å². The molecule has 0 spiro atoms. The first-order chi connectivity index (χ1) is 8.71. The molecular formula is C14H23N3O. The Morgan fingerprint density at radius 3 is 2.72 bits per heavy atom. The minimum absolute atomic E-state index is 0.833. The fourth-order valence-corrected chi connectivity index (χ4v) is 1.81. The van der Waals surface area contributed by atoms with Crippen LogP contribution in [0.5, 0.6) is 5.75 Å². The van der Waals surface area contributed by atoms with Gasteiger partial charge in [-0.3, -0.25) is 4.99 Å². The van der Waals surface area contributed by atoms with Crippen LogP contribution in [0.3, 0.4) is 0 Å². The number of nitrogens with one attached hydrogen (secondary N) is 2. The molecule has 0 unspecified atom stereocenters. The number of benzene rings is 1. The fraction of sp³-hybridized carbons (Fsp3) is 0.500. The number of methoxy groups -OCH3 is 1. The molecule has 0 saturated heterocycles. The van der Waals surface area contributed by atoms with E-state index in [1.807, 2.05) is 6.07 Å². The second-order valence-corrected chi connectivity index (χ2v) is 4.09. The van der Waals surface area contributed by atoms with Gasteiger partial charge >= 0.3 is 0 Å². The Morgan fingerprint density at radius 1 is 1.33 bits per heavy atom. The molecule has 0 bridgehead atoms. The largest absolute Gasteiger partial charge is 0.496 e. The second kappa shape index (κ2) is 7.58. The third-order valence-electron chi connectivity index (χ3n) is 2.69. The number of hydrogen-bond donors (Lipinski definition) is 2. The van der Waals surface area contributed by atoms with Gasteiger partial charge in [0, 0.05) is 20.1 Å². The lowest BCUT2D eigenvalue weighted by Crippen LogP contribution is -2.38. The molecule has 0 aliphatic heterocycles. The van der Waals surface area contributed by atoms with Crippen LogP contribution in [-0.2, 0) is 6.42 Å². The molecule has 0 aromatic heterocycles. The summed E-state index contributed by atoms with van der Waals surface area (Å²) in [6.07, 6.45) is 0.912. The van der Waals surface area contributed by atoms with Gasteiger partial charge in [-0.25, -0.2) is 0 Å². The summed E-state index contributed by atoms with van der Waals surface area (Å²) in [4.78, 5) is 4.13. The molecular weight excluding hydrogens is 226 g/mol. The van der Waals surface area contributed by atoms with E-state index in [0.717, 1.165) is 31.2 Å². The number of aliphatic imine (C=N–C) groups is 1. The average Bonchev–Trinajstić information content (AvgIpc) is 2.38. The molecule has 0 amide bonds. The van der Waals surface area contributed by atoms with Gasteiger partial charge < -0.3 is 15.4 Å². The van der Waals surface area contributed by atoms with Crippen molar-refractivity contribution in [3.05, 3.63) is 29.3 Å². The summed E-state index contributed by atoms with van der Waals surface area (Å²) in [6.45, 7) is 5.84. The predicted octanol–water partition coefficient (Wildman–Crippen LogP) is 1.73. The molecule has 2 N–H and O–H groups in total. The normalized spacial score (nSPS) is 11.2. The summed E-state index contributed by atoms with van der Waals surface area (Å²) in [5.74, 6) is 1.78. The standard InChI is InChI=1S/C14H23N3O/c1-5-16-14(15-3)17-9-8-12-10-11(2)6-7-13(12)18-4/h6-7,10H,5,8-9H2,1-4H3,(H2,15,16,17). The van der Waals surface area contributed by atoms with Gasteiger partial charge in [0.25, 0.3) is 0 Å². The molecule has 0 heterocycles. The van der Waals surface area contributed by atoms with E-state index in [2.05, 4.69) is 41.6 Å². The van der Waals surface area contributed by atoms with Gasteiger partial charge in [0.15, 0.2) is 5.96 Å². The maximum absolute atomic E-state index is 5.36. The van der Waals surface area contributed by atoms with Gasteiger partial charge in [0.2, 0.25) is 0 Å². The van der Waals surface area contributed by atoms with Gasteiger partial charge in [0.05, 0.1) is 7.11 Å². The van der Waals surface area contributed by atoms with Crippen LogP contribution in [0.2, 0.25) is 0 Å². The van der Waals surface area contributed by atoms with Crippen molar-refractivity contribution in [2.75, 3.05) is 27.2 Å². The van der Waals surface area contributed by atoms with E-state index in [1.54, 1.807) is 14.2 Å². The molecule has 0 saturated carbocycles. The van der Waals surface area contributed by atoms with Crippen molar-refractivity contribution >= 4 is 5.96 Å². The predicted molar refractivity (Wildman–Crippen MR) is 76.5 cm³/mol. The van der Waals surface area contributed by atoms with Crippen LogP contribution in [0, 0.1) is 6.92 Å². The summed E-state index contributed by atoms with van der Waals surface area (Å²) in [5, 5.41) is 6.44. The molecule has 100 valence electrons. The van der Waals surface area contributed by atoms with Crippen molar-refractivity contribution in [3.63, 3.8) is 0 Å². The lowest BCUT2D eigenvalue weighted by Gasteiger charge is -2.12. The van der Waals surface area contributed by atoms with E-state index in [0.29, 0.717) is 0 Å². The zero-order valence-corrected chi connectivity index (χ0v) is 11.7. The van der Waals surface area contributed by atoms with Crippen LogP contribution >= 0.6 is 0 Å². The monoisotopic (exact) mass is 249 g/mol. The molecule has 0 radical (unpaired) electrons. The highest BCUT2D eigenvalue weighted by molar-refractivity contribution is 5.79. The lowest BCUT2D eigenvalue weighted by atomic mass is 10.1. The minimum atomic E-state index is 0.833. The quantitative estimate of drug-likeness (QED) is 0.617. The van der Waals surface area contributed by atoms with E-state index in [1.165, 1.54) is 11.1 Å². The Balaban J connectivity index is 2.55. The molecule has 0 aliphatic carbocycles. The zero-order chi connectivity index (χ0) is 13.4. The molecule has 18 heavy (non-hydrogen) atoms. The third-order valence-corrected chi connectivity index (χ3v) is 2.69. The van der Waals surface area contributed by atoms with E-state index < -0.39 is 0 Å². The van der Waals surface area contributed by atoms with Crippen LogP contribution in [0.1, 0.15) is 18.1 Å². The maximum atomic E-state index is 5.36. The zero-order valence-electron chi connectivity index (χ0n) is 11.7. The summed E-state index contributed by atoms with van der Waals surface area (Å²) < 4.78 is 5.36. The summed E-state index contributed by atoms with van der Waals surface area (Å²) in [6, 6.07) is 6.24. The van der Waals surface area contributed by atoms with Crippen LogP contribution in [0.15, 0.2) is 23.2 Å². The Morgan fingerprint density at radius 2 is 2.11 bits per heavy atom. The van der Waals surface area contributed by atoms with Crippen molar-refractivity contribution < 1.29 is 4.74 Å². The number of aryl methyl sites for hydroxylation is 1. The molecule has 0 aliphatic rings. The number of nitrogens with zero attached hydrogens (tertiary/aromatic N) is 1. The third kappa shape index (κ3) is 4.28. The van der Waals surface area contributed by atoms with Crippen LogP contribution in [0.4, 0.5) is 0 Å². The summed E-state index contributed by atoms with van der Waals surface area (Å²) >= 11 is 0. The first kappa shape index (κ1) is 14.4. The molecule has 0 fully saturated rings. The van der Waals surface area contributed by atoms with Crippen molar-refractivity contribution in [2.24, 2.45) is 4.99 Å². The van der Waals surface area contributed by atoms with Gasteiger partial charge in [0.1, 0.15) is 5.75 Å². The summed E-state index contributed by atoms with van der Waals surface area (Å²) in [7, 11) is 3.48. The first-order valence-electron chi connectivity index (χ1n) is 6.29. The Bertz CT molecular complexity index is 402. The molecule has 0 atom stereocenters. The fourth-order valence-electron chi connectivity index (χ4n) is 1.81. The van der Waals surface area contributed by atoms with Crippen LogP contribution in [-0.4, -0.2) is 33.2 Å². The number of rotatable bonds is 5. The number of hydrogen-bond acceptors (Lipinski definition) is 2. The van der Waals surface area contributed by atoms with Crippen molar-refractivity contribution in [1.82, 2.24) is 10.6 Å². The van der Waals surface area contributed by atoms with Crippen molar-refractivity contribution in [2.45, 2.75) is 20.3 Å². The Hall–Kier alpha value is -1.71. The molecule has 4 heteroatoms. The van der Waals surface area contributed by atoms with Gasteiger partial charge in [-0.1, -0.05) is 17.7 Å². The number of guanidine groups is 1. The molecule has 1 rings (SSSR count). The molecule has 4 nitrogen and oxygen atoms in total. The van der Waals surface area contributed by atoms with Crippen molar-refractivity contribution in [3.8, 4) is 5.75 Å². The van der Waals surface area contributed by atoms with Crippen molar-refractivity contribution in [1.29, 1.82) is 0 Å². The van der Waals surface area contributed by atoms with Crippen LogP contribution < -0.4 is 15.4 Å². The first-order valence-corrected chi connectivity index (χ1v) is 6.29. The van der Waals surface area contributed by atoms with Gasteiger partial charge in [-0.05, 0) is 31.9 Å². The van der Waals surface area contributed by atoms with Crippen LogP contribution in [0.25, 0.3) is 0 Å². The molecule has 1 aromatic rings. The van der Waals surface area contributed by atoms with Gasteiger partial charge in [-0.15, -0.1) is 0 Å². The topological polar surface area (TPSA) is 45.7 Å². The highest BCUT2D eigenvalue weighted by Crippen LogP contribution is 2.19. The van der Waals surface area contributed by atoms with E-state index in [-0.39, 0.29) is 0 Å². The summed E-state index contributed by atoms with van der Waals surface area (Å²) in [5.41, 5.74) is 2.47.